The molecule has 5 nitrogen and oxygen atoms in total. The largest absolute Gasteiger partial charge is 0.480 e. The van der Waals surface area contributed by atoms with Gasteiger partial charge >= 0.3 is 5.97 Å². The first kappa shape index (κ1) is 16.2. The fraction of sp³-hybridized carbons (Fsp3) is 0.467. The van der Waals surface area contributed by atoms with Gasteiger partial charge in [0.05, 0.1) is 13.1 Å². The van der Waals surface area contributed by atoms with Gasteiger partial charge in [-0.05, 0) is 25.0 Å². The van der Waals surface area contributed by atoms with Crippen LogP contribution in [0.3, 0.4) is 0 Å². The predicted molar refractivity (Wildman–Crippen MR) is 78.7 cm³/mol. The molecule has 2 N–H and O–H groups in total. The van der Waals surface area contributed by atoms with Crippen molar-refractivity contribution in [2.75, 3.05) is 25.0 Å². The number of amides is 1. The molecule has 0 aliphatic carbocycles. The molecule has 0 fully saturated rings. The summed E-state index contributed by atoms with van der Waals surface area (Å²) in [5.74, 6) is -0.814. The molecule has 20 heavy (non-hydrogen) atoms. The van der Waals surface area contributed by atoms with Crippen molar-refractivity contribution in [1.29, 1.82) is 0 Å². The smallest absolute Gasteiger partial charge is 0.317 e. The third-order valence-electron chi connectivity index (χ3n) is 2.68. The Morgan fingerprint density at radius 2 is 1.80 bits per heavy atom. The van der Waals surface area contributed by atoms with Gasteiger partial charge in [-0.15, -0.1) is 0 Å². The van der Waals surface area contributed by atoms with E-state index in [0.29, 0.717) is 12.5 Å². The Labute approximate surface area is 119 Å². The van der Waals surface area contributed by atoms with Crippen molar-refractivity contribution in [3.63, 3.8) is 0 Å². The summed E-state index contributed by atoms with van der Waals surface area (Å²) < 4.78 is 0. The Hall–Kier alpha value is -1.88. The van der Waals surface area contributed by atoms with Crippen molar-refractivity contribution in [3.8, 4) is 0 Å². The van der Waals surface area contributed by atoms with Crippen LogP contribution in [0.1, 0.15) is 19.4 Å². The topological polar surface area (TPSA) is 69.6 Å². The molecule has 0 radical (unpaired) electrons. The fourth-order valence-electron chi connectivity index (χ4n) is 1.93. The molecule has 5 heteroatoms. The van der Waals surface area contributed by atoms with Gasteiger partial charge in [-0.3, -0.25) is 14.5 Å². The zero-order valence-corrected chi connectivity index (χ0v) is 12.2. The van der Waals surface area contributed by atoms with Crippen molar-refractivity contribution in [2.45, 2.75) is 20.8 Å². The van der Waals surface area contributed by atoms with Gasteiger partial charge in [-0.1, -0.05) is 31.5 Å². The van der Waals surface area contributed by atoms with Gasteiger partial charge in [0.1, 0.15) is 0 Å². The van der Waals surface area contributed by atoms with Crippen molar-refractivity contribution >= 4 is 17.6 Å². The Bertz CT molecular complexity index is 455. The number of carboxylic acid groups (broad SMARTS) is 1. The van der Waals surface area contributed by atoms with Crippen LogP contribution in [0.25, 0.3) is 0 Å². The van der Waals surface area contributed by atoms with Crippen LogP contribution in [0, 0.1) is 12.8 Å². The van der Waals surface area contributed by atoms with Gasteiger partial charge in [0.15, 0.2) is 0 Å². The summed E-state index contributed by atoms with van der Waals surface area (Å²) in [6, 6.07) is 7.49. The van der Waals surface area contributed by atoms with E-state index in [1.807, 2.05) is 45.0 Å². The maximum absolute atomic E-state index is 11.9. The van der Waals surface area contributed by atoms with E-state index < -0.39 is 5.97 Å². The number of anilines is 1. The lowest BCUT2D eigenvalue weighted by molar-refractivity contribution is -0.138. The van der Waals surface area contributed by atoms with E-state index in [4.69, 9.17) is 5.11 Å². The summed E-state index contributed by atoms with van der Waals surface area (Å²) in [5.41, 5.74) is 1.84. The highest BCUT2D eigenvalue weighted by molar-refractivity contribution is 5.92. The highest BCUT2D eigenvalue weighted by atomic mass is 16.4. The van der Waals surface area contributed by atoms with Crippen LogP contribution in [0.4, 0.5) is 5.69 Å². The minimum Gasteiger partial charge on any atom is -0.480 e. The summed E-state index contributed by atoms with van der Waals surface area (Å²) in [4.78, 5) is 24.4. The van der Waals surface area contributed by atoms with E-state index in [-0.39, 0.29) is 19.0 Å². The SMILES string of the molecule is Cc1ccc(NC(=O)CN(CC(=O)O)CC(C)C)cc1. The number of hydrogen-bond donors (Lipinski definition) is 2. The van der Waals surface area contributed by atoms with Crippen molar-refractivity contribution in [3.05, 3.63) is 29.8 Å². The van der Waals surface area contributed by atoms with Crippen LogP contribution in [0.5, 0.6) is 0 Å². The second-order valence-electron chi connectivity index (χ2n) is 5.37. The third-order valence-corrected chi connectivity index (χ3v) is 2.68. The number of carbonyl (C=O) groups excluding carboxylic acids is 1. The molecule has 0 bridgehead atoms. The number of aliphatic carboxylic acids is 1. The normalized spacial score (nSPS) is 10.8. The Kier molecular flexibility index (Phi) is 6.18. The third kappa shape index (κ3) is 6.33. The number of carboxylic acids is 1. The summed E-state index contributed by atoms with van der Waals surface area (Å²) in [5, 5.41) is 11.6. The molecule has 110 valence electrons. The zero-order valence-electron chi connectivity index (χ0n) is 12.2. The first-order valence-electron chi connectivity index (χ1n) is 6.67. The standard InChI is InChI=1S/C15H22N2O3/c1-11(2)8-17(10-15(19)20)9-14(18)16-13-6-4-12(3)5-7-13/h4-7,11H,8-10H2,1-3H3,(H,16,18)(H,19,20). The second-order valence-corrected chi connectivity index (χ2v) is 5.37. The van der Waals surface area contributed by atoms with E-state index >= 15 is 0 Å². The molecule has 1 amide bonds. The number of nitrogens with one attached hydrogen (secondary N) is 1. The minimum atomic E-state index is -0.922. The number of nitrogens with zero attached hydrogens (tertiary/aromatic N) is 1. The van der Waals surface area contributed by atoms with Gasteiger partial charge in [-0.25, -0.2) is 0 Å². The molecule has 0 heterocycles. The van der Waals surface area contributed by atoms with Gasteiger partial charge < -0.3 is 10.4 Å². The number of aryl methyl sites for hydroxylation is 1. The van der Waals surface area contributed by atoms with Crippen LogP contribution >= 0.6 is 0 Å². The molecule has 0 saturated heterocycles. The molecule has 0 saturated carbocycles. The lowest BCUT2D eigenvalue weighted by Gasteiger charge is -2.21. The average Bonchev–Trinajstić information content (AvgIpc) is 2.30. The van der Waals surface area contributed by atoms with Gasteiger partial charge in [-0.2, -0.15) is 0 Å². The van der Waals surface area contributed by atoms with E-state index in [1.54, 1.807) is 4.90 Å². The molecular weight excluding hydrogens is 256 g/mol. The Balaban J connectivity index is 2.56. The number of rotatable bonds is 7. The lowest BCUT2D eigenvalue weighted by Crippen LogP contribution is -2.39. The molecule has 0 spiro atoms. The van der Waals surface area contributed by atoms with Crippen molar-refractivity contribution < 1.29 is 14.7 Å². The summed E-state index contributed by atoms with van der Waals surface area (Å²) in [6.07, 6.45) is 0. The van der Waals surface area contributed by atoms with Gasteiger partial charge in [0.25, 0.3) is 0 Å². The second kappa shape index (κ2) is 7.65. The molecular formula is C15H22N2O3. The Morgan fingerprint density at radius 1 is 1.20 bits per heavy atom. The number of hydrogen-bond acceptors (Lipinski definition) is 3. The van der Waals surface area contributed by atoms with Gasteiger partial charge in [0, 0.05) is 12.2 Å². The first-order valence-corrected chi connectivity index (χ1v) is 6.67. The summed E-state index contributed by atoms with van der Waals surface area (Å²) >= 11 is 0. The van der Waals surface area contributed by atoms with E-state index in [1.165, 1.54) is 0 Å². The molecule has 1 aromatic carbocycles. The predicted octanol–water partition coefficient (Wildman–Crippen LogP) is 1.98. The molecule has 1 rings (SSSR count). The highest BCUT2D eigenvalue weighted by Crippen LogP contribution is 2.08. The number of benzene rings is 1. The summed E-state index contributed by atoms with van der Waals surface area (Å²) in [7, 11) is 0. The molecule has 0 aromatic heterocycles. The van der Waals surface area contributed by atoms with Crippen molar-refractivity contribution in [1.82, 2.24) is 4.90 Å². The Morgan fingerprint density at radius 3 is 2.30 bits per heavy atom. The van der Waals surface area contributed by atoms with Crippen LogP contribution < -0.4 is 5.32 Å². The molecule has 0 unspecified atom stereocenters. The molecule has 0 atom stereocenters. The van der Waals surface area contributed by atoms with E-state index in [9.17, 15) is 9.59 Å². The zero-order chi connectivity index (χ0) is 15.1. The van der Waals surface area contributed by atoms with Crippen molar-refractivity contribution in [2.24, 2.45) is 5.92 Å². The molecule has 1 aromatic rings. The number of carbonyl (C=O) groups is 2. The molecule has 0 aliphatic heterocycles. The van der Waals surface area contributed by atoms with E-state index in [2.05, 4.69) is 5.32 Å². The average molecular weight is 278 g/mol. The summed E-state index contributed by atoms with van der Waals surface area (Å²) in [6.45, 7) is 6.49. The first-order chi connectivity index (χ1) is 9.36. The maximum Gasteiger partial charge on any atom is 0.317 e. The van der Waals surface area contributed by atoms with E-state index in [0.717, 1.165) is 11.3 Å². The molecule has 0 aliphatic rings. The monoisotopic (exact) mass is 278 g/mol. The van der Waals surface area contributed by atoms with Crippen LogP contribution in [-0.4, -0.2) is 41.5 Å². The van der Waals surface area contributed by atoms with Gasteiger partial charge in [0.2, 0.25) is 5.91 Å². The fourth-order valence-corrected chi connectivity index (χ4v) is 1.93. The van der Waals surface area contributed by atoms with Crippen LogP contribution in [-0.2, 0) is 9.59 Å². The highest BCUT2D eigenvalue weighted by Gasteiger charge is 2.15. The quantitative estimate of drug-likeness (QED) is 0.800. The lowest BCUT2D eigenvalue weighted by atomic mass is 10.2. The van der Waals surface area contributed by atoms with Crippen LogP contribution in [0.15, 0.2) is 24.3 Å². The minimum absolute atomic E-state index is 0.0817. The van der Waals surface area contributed by atoms with Crippen LogP contribution in [0.2, 0.25) is 0 Å². The maximum atomic E-state index is 11.9.